The molecule has 0 aliphatic carbocycles. The molecule has 126 valence electrons. The zero-order valence-electron chi connectivity index (χ0n) is 14.2. The maximum Gasteiger partial charge on any atom is 0.258 e. The molecule has 5 nitrogen and oxygen atoms in total. The van der Waals surface area contributed by atoms with Crippen LogP contribution in [0.4, 0.5) is 5.69 Å². The number of carbonyl (C=O) groups excluding carboxylic acids is 2. The van der Waals surface area contributed by atoms with Gasteiger partial charge in [0.25, 0.3) is 5.91 Å². The molecule has 24 heavy (non-hydrogen) atoms. The summed E-state index contributed by atoms with van der Waals surface area (Å²) in [6.45, 7) is 5.69. The first-order valence-corrected chi connectivity index (χ1v) is 7.78. The van der Waals surface area contributed by atoms with Crippen LogP contribution in [0.25, 0.3) is 0 Å². The fourth-order valence-electron chi connectivity index (χ4n) is 2.46. The first-order valence-electron chi connectivity index (χ1n) is 7.78. The molecule has 0 atom stereocenters. The van der Waals surface area contributed by atoms with E-state index in [1.165, 1.54) is 0 Å². The van der Waals surface area contributed by atoms with Crippen molar-refractivity contribution in [2.24, 2.45) is 0 Å². The molecule has 0 unspecified atom stereocenters. The van der Waals surface area contributed by atoms with E-state index in [0.717, 1.165) is 22.4 Å². The predicted octanol–water partition coefficient (Wildman–Crippen LogP) is 2.75. The number of carbonyl (C=O) groups is 2. The van der Waals surface area contributed by atoms with E-state index in [1.807, 2.05) is 51.1 Å². The second kappa shape index (κ2) is 8.15. The van der Waals surface area contributed by atoms with Crippen LogP contribution in [0.2, 0.25) is 0 Å². The summed E-state index contributed by atoms with van der Waals surface area (Å²) in [5.41, 5.74) is 3.94. The van der Waals surface area contributed by atoms with Crippen LogP contribution in [0.5, 0.6) is 5.75 Å². The summed E-state index contributed by atoms with van der Waals surface area (Å²) in [4.78, 5) is 23.7. The first-order chi connectivity index (χ1) is 11.5. The molecule has 0 saturated carbocycles. The quantitative estimate of drug-likeness (QED) is 0.858. The highest BCUT2D eigenvalue weighted by molar-refractivity contribution is 5.95. The maximum absolute atomic E-state index is 12.0. The molecule has 0 radical (unpaired) electrons. The van der Waals surface area contributed by atoms with E-state index in [0.29, 0.717) is 5.75 Å². The Balaban J connectivity index is 1.80. The third-order valence-electron chi connectivity index (χ3n) is 3.50. The number of rotatable bonds is 6. The van der Waals surface area contributed by atoms with Gasteiger partial charge in [-0.15, -0.1) is 0 Å². The van der Waals surface area contributed by atoms with Crippen molar-refractivity contribution in [1.82, 2.24) is 5.32 Å². The zero-order chi connectivity index (χ0) is 17.5. The number of hydrogen-bond donors (Lipinski definition) is 2. The standard InChI is InChI=1S/C19H22N2O3/c1-13-9-14(2)19(15(3)10-13)21-17(22)11-20-18(23)12-24-16-7-5-4-6-8-16/h4-10H,11-12H2,1-3H3,(H,20,23)(H,21,22). The lowest BCUT2D eigenvalue weighted by molar-refractivity contribution is -0.125. The molecule has 0 saturated heterocycles. The Bertz CT molecular complexity index is 704. The first kappa shape index (κ1) is 17.5. The van der Waals surface area contributed by atoms with Gasteiger partial charge in [-0.25, -0.2) is 0 Å². The minimum atomic E-state index is -0.341. The van der Waals surface area contributed by atoms with E-state index < -0.39 is 0 Å². The molecule has 0 spiro atoms. The van der Waals surface area contributed by atoms with Crippen molar-refractivity contribution in [2.75, 3.05) is 18.5 Å². The van der Waals surface area contributed by atoms with Gasteiger partial charge in [-0.2, -0.15) is 0 Å². The van der Waals surface area contributed by atoms with Crippen LogP contribution < -0.4 is 15.4 Å². The second-order valence-electron chi connectivity index (χ2n) is 5.70. The maximum atomic E-state index is 12.0. The average Bonchev–Trinajstić information content (AvgIpc) is 2.55. The Morgan fingerprint density at radius 1 is 0.958 bits per heavy atom. The van der Waals surface area contributed by atoms with Crippen LogP contribution in [0.3, 0.4) is 0 Å². The Morgan fingerprint density at radius 3 is 2.21 bits per heavy atom. The van der Waals surface area contributed by atoms with Gasteiger partial charge in [0.1, 0.15) is 5.75 Å². The summed E-state index contributed by atoms with van der Waals surface area (Å²) in [5.74, 6) is 0.00692. The van der Waals surface area contributed by atoms with Crippen molar-refractivity contribution in [3.8, 4) is 5.75 Å². The Morgan fingerprint density at radius 2 is 1.58 bits per heavy atom. The largest absolute Gasteiger partial charge is 0.484 e. The molecule has 2 aromatic rings. The summed E-state index contributed by atoms with van der Waals surface area (Å²) in [6.07, 6.45) is 0. The summed E-state index contributed by atoms with van der Waals surface area (Å²) >= 11 is 0. The smallest absolute Gasteiger partial charge is 0.258 e. The van der Waals surface area contributed by atoms with Gasteiger partial charge in [-0.3, -0.25) is 9.59 Å². The van der Waals surface area contributed by atoms with E-state index in [1.54, 1.807) is 12.1 Å². The summed E-state index contributed by atoms with van der Waals surface area (Å²) in [5, 5.41) is 5.39. The molecule has 0 aromatic heterocycles. The number of nitrogens with one attached hydrogen (secondary N) is 2. The predicted molar refractivity (Wildman–Crippen MR) is 94.2 cm³/mol. The number of ether oxygens (including phenoxy) is 1. The molecule has 2 N–H and O–H groups in total. The van der Waals surface area contributed by atoms with E-state index in [-0.39, 0.29) is 25.0 Å². The zero-order valence-corrected chi connectivity index (χ0v) is 14.2. The lowest BCUT2D eigenvalue weighted by Gasteiger charge is -2.13. The fourth-order valence-corrected chi connectivity index (χ4v) is 2.46. The number of aryl methyl sites for hydroxylation is 3. The second-order valence-corrected chi connectivity index (χ2v) is 5.70. The SMILES string of the molecule is Cc1cc(C)c(NC(=O)CNC(=O)COc2ccccc2)c(C)c1. The third kappa shape index (κ3) is 5.12. The minimum absolute atomic E-state index is 0.0935. The molecule has 2 amide bonds. The number of hydrogen-bond acceptors (Lipinski definition) is 3. The number of para-hydroxylation sites is 1. The Labute approximate surface area is 142 Å². The molecule has 0 aliphatic rings. The van der Waals surface area contributed by atoms with Gasteiger partial charge in [0.2, 0.25) is 5.91 Å². The average molecular weight is 326 g/mol. The van der Waals surface area contributed by atoms with E-state index >= 15 is 0 Å². The molecule has 2 aromatic carbocycles. The number of anilines is 1. The molecular weight excluding hydrogens is 304 g/mol. The van der Waals surface area contributed by atoms with Gasteiger partial charge in [0, 0.05) is 5.69 Å². The van der Waals surface area contributed by atoms with Gasteiger partial charge in [-0.1, -0.05) is 35.9 Å². The van der Waals surface area contributed by atoms with Gasteiger partial charge in [-0.05, 0) is 44.0 Å². The number of amides is 2. The Hall–Kier alpha value is -2.82. The lowest BCUT2D eigenvalue weighted by Crippen LogP contribution is -2.36. The van der Waals surface area contributed by atoms with Crippen LogP contribution >= 0.6 is 0 Å². The normalized spacial score (nSPS) is 10.1. The van der Waals surface area contributed by atoms with Crippen molar-refractivity contribution in [1.29, 1.82) is 0 Å². The van der Waals surface area contributed by atoms with Gasteiger partial charge in [0.15, 0.2) is 6.61 Å². The fraction of sp³-hybridized carbons (Fsp3) is 0.263. The topological polar surface area (TPSA) is 67.4 Å². The van der Waals surface area contributed by atoms with Crippen LogP contribution in [-0.2, 0) is 9.59 Å². The van der Waals surface area contributed by atoms with Crippen molar-refractivity contribution in [3.05, 3.63) is 59.2 Å². The van der Waals surface area contributed by atoms with Crippen LogP contribution in [0, 0.1) is 20.8 Å². The summed E-state index contributed by atoms with van der Waals surface area (Å²) in [6, 6.07) is 13.1. The summed E-state index contributed by atoms with van der Waals surface area (Å²) in [7, 11) is 0. The highest BCUT2D eigenvalue weighted by Gasteiger charge is 2.10. The van der Waals surface area contributed by atoms with Crippen molar-refractivity contribution < 1.29 is 14.3 Å². The molecule has 0 aliphatic heterocycles. The number of benzene rings is 2. The molecule has 2 rings (SSSR count). The lowest BCUT2D eigenvalue weighted by atomic mass is 10.1. The molecule has 5 heteroatoms. The van der Waals surface area contributed by atoms with Crippen LogP contribution in [0.15, 0.2) is 42.5 Å². The highest BCUT2D eigenvalue weighted by atomic mass is 16.5. The van der Waals surface area contributed by atoms with Crippen molar-refractivity contribution in [3.63, 3.8) is 0 Å². The monoisotopic (exact) mass is 326 g/mol. The molecule has 0 heterocycles. The van der Waals surface area contributed by atoms with Crippen molar-refractivity contribution in [2.45, 2.75) is 20.8 Å². The Kier molecular flexibility index (Phi) is 5.95. The third-order valence-corrected chi connectivity index (χ3v) is 3.50. The molecule has 0 fully saturated rings. The minimum Gasteiger partial charge on any atom is -0.484 e. The van der Waals surface area contributed by atoms with Crippen molar-refractivity contribution >= 4 is 17.5 Å². The van der Waals surface area contributed by atoms with Gasteiger partial charge < -0.3 is 15.4 Å². The van der Waals surface area contributed by atoms with Crippen LogP contribution in [-0.4, -0.2) is 25.0 Å². The van der Waals surface area contributed by atoms with E-state index in [9.17, 15) is 9.59 Å². The summed E-state index contributed by atoms with van der Waals surface area (Å²) < 4.78 is 5.33. The molecule has 0 bridgehead atoms. The van der Waals surface area contributed by atoms with Crippen LogP contribution in [0.1, 0.15) is 16.7 Å². The molecular formula is C19H22N2O3. The van der Waals surface area contributed by atoms with E-state index in [2.05, 4.69) is 10.6 Å². The highest BCUT2D eigenvalue weighted by Crippen LogP contribution is 2.21. The van der Waals surface area contributed by atoms with Gasteiger partial charge in [0.05, 0.1) is 6.54 Å². The van der Waals surface area contributed by atoms with E-state index in [4.69, 9.17) is 4.74 Å². The van der Waals surface area contributed by atoms with Gasteiger partial charge >= 0.3 is 0 Å².